The van der Waals surface area contributed by atoms with Gasteiger partial charge in [0.2, 0.25) is 0 Å². The first-order chi connectivity index (χ1) is 9.95. The molecule has 0 spiro atoms. The minimum absolute atomic E-state index is 0.190. The molecule has 0 amide bonds. The molecule has 6 heteroatoms. The summed E-state index contributed by atoms with van der Waals surface area (Å²) in [5.41, 5.74) is 8.11. The van der Waals surface area contributed by atoms with Gasteiger partial charge >= 0.3 is 0 Å². The lowest BCUT2D eigenvalue weighted by molar-refractivity contribution is -0.386. The number of pyridine rings is 1. The van der Waals surface area contributed by atoms with E-state index in [1.807, 2.05) is 0 Å². The molecule has 0 aliphatic heterocycles. The highest BCUT2D eigenvalue weighted by Gasteiger charge is 2.30. The van der Waals surface area contributed by atoms with Crippen LogP contribution in [-0.2, 0) is 6.54 Å². The van der Waals surface area contributed by atoms with Gasteiger partial charge < -0.3 is 5.73 Å². The van der Waals surface area contributed by atoms with Gasteiger partial charge in [0.25, 0.3) is 5.69 Å². The Hall–Kier alpha value is -1.53. The number of hydrogen-bond donors (Lipinski definition) is 1. The molecule has 2 rings (SSSR count). The third-order valence-corrected chi connectivity index (χ3v) is 4.65. The molecular formula is C15H24N4O2. The van der Waals surface area contributed by atoms with Crippen molar-refractivity contribution in [3.8, 4) is 0 Å². The summed E-state index contributed by atoms with van der Waals surface area (Å²) in [5.74, 6) is 0.524. The first-order valence-corrected chi connectivity index (χ1v) is 7.45. The molecule has 2 unspecified atom stereocenters. The fourth-order valence-electron chi connectivity index (χ4n) is 3.43. The average molecular weight is 292 g/mol. The molecule has 1 aromatic rings. The van der Waals surface area contributed by atoms with Crippen molar-refractivity contribution in [2.75, 3.05) is 13.6 Å². The van der Waals surface area contributed by atoms with Crippen molar-refractivity contribution in [3.05, 3.63) is 33.1 Å². The zero-order chi connectivity index (χ0) is 15.6. The van der Waals surface area contributed by atoms with E-state index in [1.165, 1.54) is 12.8 Å². The third kappa shape index (κ3) is 3.22. The van der Waals surface area contributed by atoms with Gasteiger partial charge in [-0.05, 0) is 46.2 Å². The van der Waals surface area contributed by atoms with Gasteiger partial charge in [-0.3, -0.25) is 20.0 Å². The van der Waals surface area contributed by atoms with E-state index < -0.39 is 0 Å². The van der Waals surface area contributed by atoms with Crippen molar-refractivity contribution < 1.29 is 4.92 Å². The molecule has 0 radical (unpaired) electrons. The van der Waals surface area contributed by atoms with E-state index in [0.29, 0.717) is 36.2 Å². The molecule has 6 nitrogen and oxygen atoms in total. The predicted molar refractivity (Wildman–Crippen MR) is 82.0 cm³/mol. The summed E-state index contributed by atoms with van der Waals surface area (Å²) in [6, 6.07) is 0.455. The Morgan fingerprint density at radius 3 is 2.81 bits per heavy atom. The van der Waals surface area contributed by atoms with E-state index in [0.717, 1.165) is 12.1 Å². The van der Waals surface area contributed by atoms with Gasteiger partial charge in [0.05, 0.1) is 10.6 Å². The van der Waals surface area contributed by atoms with Crippen molar-refractivity contribution in [1.29, 1.82) is 0 Å². The SMILES string of the molecule is Cc1cnc(CN(C)C2CCCC2CN)c(C)c1[N+](=O)[O-]. The second-order valence-corrected chi connectivity index (χ2v) is 6.03. The van der Waals surface area contributed by atoms with E-state index in [1.54, 1.807) is 20.0 Å². The number of aromatic nitrogens is 1. The molecule has 1 fully saturated rings. The molecule has 1 heterocycles. The van der Waals surface area contributed by atoms with Crippen LogP contribution in [0.4, 0.5) is 5.69 Å². The summed E-state index contributed by atoms with van der Waals surface area (Å²) in [5, 5.41) is 11.2. The summed E-state index contributed by atoms with van der Waals surface area (Å²) in [6.45, 7) is 4.85. The van der Waals surface area contributed by atoms with Crippen molar-refractivity contribution in [3.63, 3.8) is 0 Å². The minimum Gasteiger partial charge on any atom is -0.330 e. The van der Waals surface area contributed by atoms with E-state index in [4.69, 9.17) is 5.73 Å². The lowest BCUT2D eigenvalue weighted by atomic mass is 10.0. The van der Waals surface area contributed by atoms with Crippen LogP contribution < -0.4 is 5.73 Å². The Labute approximate surface area is 125 Å². The second kappa shape index (κ2) is 6.49. The summed E-state index contributed by atoms with van der Waals surface area (Å²) < 4.78 is 0. The lowest BCUT2D eigenvalue weighted by Gasteiger charge is -2.29. The highest BCUT2D eigenvalue weighted by molar-refractivity contribution is 5.47. The van der Waals surface area contributed by atoms with Crippen LogP contribution in [0.15, 0.2) is 6.20 Å². The summed E-state index contributed by atoms with van der Waals surface area (Å²) in [7, 11) is 2.06. The number of nitrogens with two attached hydrogens (primary N) is 1. The summed E-state index contributed by atoms with van der Waals surface area (Å²) >= 11 is 0. The topological polar surface area (TPSA) is 85.3 Å². The Morgan fingerprint density at radius 2 is 2.19 bits per heavy atom. The van der Waals surface area contributed by atoms with E-state index >= 15 is 0 Å². The summed E-state index contributed by atoms with van der Waals surface area (Å²) in [4.78, 5) is 17.5. The number of nitrogens with zero attached hydrogens (tertiary/aromatic N) is 3. The normalized spacial score (nSPS) is 22.0. The molecule has 1 aromatic heterocycles. The van der Waals surface area contributed by atoms with Gasteiger partial charge in [-0.25, -0.2) is 0 Å². The molecule has 2 atom stereocenters. The molecule has 116 valence electrons. The fourth-order valence-corrected chi connectivity index (χ4v) is 3.43. The average Bonchev–Trinajstić information content (AvgIpc) is 2.90. The molecule has 21 heavy (non-hydrogen) atoms. The molecule has 0 bridgehead atoms. The van der Waals surface area contributed by atoms with Crippen molar-refractivity contribution >= 4 is 5.69 Å². The van der Waals surface area contributed by atoms with Crippen LogP contribution in [-0.4, -0.2) is 34.4 Å². The highest BCUT2D eigenvalue weighted by atomic mass is 16.6. The quantitative estimate of drug-likeness (QED) is 0.664. The fraction of sp³-hybridized carbons (Fsp3) is 0.667. The second-order valence-electron chi connectivity index (χ2n) is 6.03. The van der Waals surface area contributed by atoms with Crippen LogP contribution in [0.3, 0.4) is 0 Å². The van der Waals surface area contributed by atoms with Gasteiger partial charge in [0.1, 0.15) is 0 Å². The molecule has 0 saturated heterocycles. The van der Waals surface area contributed by atoms with E-state index in [9.17, 15) is 10.1 Å². The summed E-state index contributed by atoms with van der Waals surface area (Å²) in [6.07, 6.45) is 5.12. The Morgan fingerprint density at radius 1 is 1.48 bits per heavy atom. The maximum Gasteiger partial charge on any atom is 0.278 e. The minimum atomic E-state index is -0.311. The number of nitro groups is 1. The van der Waals surface area contributed by atoms with Gasteiger partial charge in [-0.15, -0.1) is 0 Å². The van der Waals surface area contributed by atoms with Gasteiger partial charge in [-0.2, -0.15) is 0 Å². The van der Waals surface area contributed by atoms with Crippen LogP contribution in [0.5, 0.6) is 0 Å². The van der Waals surface area contributed by atoms with Crippen molar-refractivity contribution in [1.82, 2.24) is 9.88 Å². The zero-order valence-electron chi connectivity index (χ0n) is 13.0. The van der Waals surface area contributed by atoms with Gasteiger partial charge in [0.15, 0.2) is 0 Å². The van der Waals surface area contributed by atoms with E-state index in [2.05, 4.69) is 16.9 Å². The first kappa shape index (κ1) is 15.9. The molecule has 0 aromatic carbocycles. The Kier molecular flexibility index (Phi) is 4.90. The lowest BCUT2D eigenvalue weighted by Crippen LogP contribution is -2.37. The molecule has 2 N–H and O–H groups in total. The van der Waals surface area contributed by atoms with Crippen LogP contribution in [0.25, 0.3) is 0 Å². The standard InChI is InChI=1S/C15H24N4O2/c1-10-8-17-13(11(2)15(10)19(20)21)9-18(3)14-6-4-5-12(14)7-16/h8,12,14H,4-7,9,16H2,1-3H3. The highest BCUT2D eigenvalue weighted by Crippen LogP contribution is 2.30. The van der Waals surface area contributed by atoms with Crippen LogP contribution >= 0.6 is 0 Å². The van der Waals surface area contributed by atoms with Crippen LogP contribution in [0.2, 0.25) is 0 Å². The third-order valence-electron chi connectivity index (χ3n) is 4.65. The maximum atomic E-state index is 11.2. The van der Waals surface area contributed by atoms with Crippen molar-refractivity contribution in [2.45, 2.75) is 45.7 Å². The van der Waals surface area contributed by atoms with Gasteiger partial charge in [0, 0.05) is 29.9 Å². The first-order valence-electron chi connectivity index (χ1n) is 7.45. The maximum absolute atomic E-state index is 11.2. The Bertz CT molecular complexity index is 533. The number of hydrogen-bond acceptors (Lipinski definition) is 5. The molecule has 1 saturated carbocycles. The van der Waals surface area contributed by atoms with Crippen LogP contribution in [0, 0.1) is 29.9 Å². The Balaban J connectivity index is 2.20. The number of rotatable bonds is 5. The molecule has 1 aliphatic carbocycles. The largest absolute Gasteiger partial charge is 0.330 e. The molecule has 1 aliphatic rings. The monoisotopic (exact) mass is 292 g/mol. The molecular weight excluding hydrogens is 268 g/mol. The predicted octanol–water partition coefficient (Wildman–Crippen LogP) is 2.17. The zero-order valence-corrected chi connectivity index (χ0v) is 13.0. The van der Waals surface area contributed by atoms with E-state index in [-0.39, 0.29) is 10.6 Å². The smallest absolute Gasteiger partial charge is 0.278 e. The van der Waals surface area contributed by atoms with Crippen LogP contribution in [0.1, 0.15) is 36.1 Å². The number of aryl methyl sites for hydroxylation is 1. The van der Waals surface area contributed by atoms with Gasteiger partial charge in [-0.1, -0.05) is 6.42 Å². The van der Waals surface area contributed by atoms with Crippen molar-refractivity contribution in [2.24, 2.45) is 11.7 Å².